The molecule has 2 N–H and O–H groups in total. The molecule has 158 valence electrons. The average molecular weight is 410 g/mol. The first kappa shape index (κ1) is 20.3. The monoisotopic (exact) mass is 410 g/mol. The Labute approximate surface area is 174 Å². The van der Waals surface area contributed by atoms with Crippen LogP contribution >= 0.6 is 0 Å². The molecule has 1 aliphatic rings. The van der Waals surface area contributed by atoms with E-state index in [1.54, 1.807) is 32.0 Å². The molecular weight excluding hydrogens is 384 g/mol. The van der Waals surface area contributed by atoms with Gasteiger partial charge >= 0.3 is 0 Å². The summed E-state index contributed by atoms with van der Waals surface area (Å²) in [7, 11) is 1.66. The highest BCUT2D eigenvalue weighted by Crippen LogP contribution is 2.26. The molecule has 1 fully saturated rings. The van der Waals surface area contributed by atoms with Crippen molar-refractivity contribution in [1.82, 2.24) is 19.9 Å². The van der Waals surface area contributed by atoms with Crippen LogP contribution in [0.5, 0.6) is 0 Å². The third-order valence-electron chi connectivity index (χ3n) is 5.63. The number of carbonyl (C=O) groups excluding carboxylic acids is 2. The first-order chi connectivity index (χ1) is 14.7. The first-order valence-electron chi connectivity index (χ1n) is 10.2. The smallest absolute Gasteiger partial charge is 0.253 e. The number of amides is 1. The van der Waals surface area contributed by atoms with Crippen LogP contribution in [0.4, 0.5) is 0 Å². The van der Waals surface area contributed by atoms with E-state index < -0.39 is 0 Å². The minimum atomic E-state index is -0.148. The predicted molar refractivity (Wildman–Crippen MR) is 112 cm³/mol. The van der Waals surface area contributed by atoms with Crippen LogP contribution in [-0.4, -0.2) is 59.2 Å². The third kappa shape index (κ3) is 4.29. The number of imidazole rings is 1. The van der Waals surface area contributed by atoms with Gasteiger partial charge in [0.05, 0.1) is 36.7 Å². The number of hydrogen-bond acceptors (Lipinski definition) is 5. The standard InChI is InChI=1S/C22H26N4O4/c1-29-8-9-30-18-4-2-16(3-5-18)25-22(28)20-11-17(26-7-6-23-14-26)10-19-15(13-27)12-24-21(19)20/h6-7,10-14,16,18,24H,2-5,8-9H2,1H3,(H,25,28). The van der Waals surface area contributed by atoms with Gasteiger partial charge < -0.3 is 24.3 Å². The maximum Gasteiger partial charge on any atom is 0.253 e. The SMILES string of the molecule is COCCOC1CCC(NC(=O)c2cc(-n3ccnc3)cc3c(C=O)c[nH]c23)CC1. The molecule has 3 aromatic rings. The van der Waals surface area contributed by atoms with Crippen molar-refractivity contribution < 1.29 is 19.1 Å². The summed E-state index contributed by atoms with van der Waals surface area (Å²) in [6.45, 7) is 1.20. The third-order valence-corrected chi connectivity index (χ3v) is 5.63. The van der Waals surface area contributed by atoms with E-state index in [0.717, 1.165) is 43.0 Å². The van der Waals surface area contributed by atoms with Crippen molar-refractivity contribution in [3.05, 3.63) is 48.2 Å². The van der Waals surface area contributed by atoms with Crippen molar-refractivity contribution in [3.8, 4) is 5.69 Å². The van der Waals surface area contributed by atoms with E-state index >= 15 is 0 Å². The average Bonchev–Trinajstić information content (AvgIpc) is 3.44. The van der Waals surface area contributed by atoms with Crippen LogP contribution in [0.1, 0.15) is 46.4 Å². The lowest BCUT2D eigenvalue weighted by atomic mass is 9.92. The van der Waals surface area contributed by atoms with Gasteiger partial charge in [0.25, 0.3) is 5.91 Å². The Morgan fingerprint density at radius 2 is 2.13 bits per heavy atom. The number of rotatable bonds is 8. The second-order valence-corrected chi connectivity index (χ2v) is 7.56. The lowest BCUT2D eigenvalue weighted by Crippen LogP contribution is -2.39. The maximum atomic E-state index is 13.1. The maximum absolute atomic E-state index is 13.1. The van der Waals surface area contributed by atoms with Gasteiger partial charge in [0, 0.05) is 48.4 Å². The Morgan fingerprint density at radius 1 is 1.30 bits per heavy atom. The van der Waals surface area contributed by atoms with Crippen LogP contribution in [0.3, 0.4) is 0 Å². The number of hydrogen-bond donors (Lipinski definition) is 2. The summed E-state index contributed by atoms with van der Waals surface area (Å²) in [5, 5.41) is 3.88. The molecule has 1 saturated carbocycles. The second kappa shape index (κ2) is 9.23. The Hall–Kier alpha value is -2.97. The summed E-state index contributed by atoms with van der Waals surface area (Å²) < 4.78 is 12.7. The van der Waals surface area contributed by atoms with Crippen LogP contribution in [0.15, 0.2) is 37.1 Å². The van der Waals surface area contributed by atoms with E-state index in [1.807, 2.05) is 16.7 Å². The molecule has 8 heteroatoms. The summed E-state index contributed by atoms with van der Waals surface area (Å²) in [4.78, 5) is 31.8. The lowest BCUT2D eigenvalue weighted by Gasteiger charge is -2.29. The molecule has 0 spiro atoms. The molecule has 0 atom stereocenters. The molecule has 1 aromatic carbocycles. The highest BCUT2D eigenvalue weighted by atomic mass is 16.5. The van der Waals surface area contributed by atoms with Crippen molar-refractivity contribution in [1.29, 1.82) is 0 Å². The van der Waals surface area contributed by atoms with Gasteiger partial charge in [-0.1, -0.05) is 0 Å². The van der Waals surface area contributed by atoms with Gasteiger partial charge in [-0.15, -0.1) is 0 Å². The Balaban J connectivity index is 1.51. The number of nitrogens with zero attached hydrogens (tertiary/aromatic N) is 2. The number of methoxy groups -OCH3 is 1. The first-order valence-corrected chi connectivity index (χ1v) is 10.2. The highest BCUT2D eigenvalue weighted by molar-refractivity contribution is 6.10. The molecule has 2 heterocycles. The number of benzene rings is 1. The molecular formula is C22H26N4O4. The number of aromatic amines is 1. The molecule has 4 rings (SSSR count). The Bertz CT molecular complexity index is 1000. The van der Waals surface area contributed by atoms with Crippen molar-refractivity contribution in [2.45, 2.75) is 37.8 Å². The zero-order valence-corrected chi connectivity index (χ0v) is 17.0. The van der Waals surface area contributed by atoms with Crippen LogP contribution in [0.25, 0.3) is 16.6 Å². The zero-order valence-electron chi connectivity index (χ0n) is 17.0. The van der Waals surface area contributed by atoms with Gasteiger partial charge in [0.2, 0.25) is 0 Å². The van der Waals surface area contributed by atoms with Gasteiger partial charge in [-0.2, -0.15) is 0 Å². The molecule has 0 unspecified atom stereocenters. The number of aromatic nitrogens is 3. The predicted octanol–water partition coefficient (Wildman–Crippen LogP) is 2.87. The number of ether oxygens (including phenoxy) is 2. The zero-order chi connectivity index (χ0) is 20.9. The van der Waals surface area contributed by atoms with Crippen LogP contribution in [-0.2, 0) is 9.47 Å². The van der Waals surface area contributed by atoms with E-state index in [0.29, 0.717) is 29.9 Å². The number of carbonyl (C=O) groups is 2. The minimum Gasteiger partial charge on any atom is -0.382 e. The fourth-order valence-electron chi connectivity index (χ4n) is 4.01. The minimum absolute atomic E-state index is 0.104. The van der Waals surface area contributed by atoms with Crippen LogP contribution in [0, 0.1) is 0 Å². The molecule has 30 heavy (non-hydrogen) atoms. The highest BCUT2D eigenvalue weighted by Gasteiger charge is 2.24. The normalized spacial score (nSPS) is 19.1. The molecule has 1 aliphatic carbocycles. The van der Waals surface area contributed by atoms with Gasteiger partial charge in [-0.3, -0.25) is 9.59 Å². The summed E-state index contributed by atoms with van der Waals surface area (Å²) in [5.41, 5.74) is 2.48. The topological polar surface area (TPSA) is 98.2 Å². The van der Waals surface area contributed by atoms with E-state index in [-0.39, 0.29) is 18.1 Å². The molecule has 0 radical (unpaired) electrons. The Morgan fingerprint density at radius 3 is 2.83 bits per heavy atom. The fraction of sp³-hybridized carbons (Fsp3) is 0.409. The summed E-state index contributed by atoms with van der Waals surface area (Å²) in [6, 6.07) is 3.81. The quantitative estimate of drug-likeness (QED) is 0.440. The van der Waals surface area contributed by atoms with Crippen molar-refractivity contribution in [3.63, 3.8) is 0 Å². The largest absolute Gasteiger partial charge is 0.382 e. The second-order valence-electron chi connectivity index (χ2n) is 7.56. The van der Waals surface area contributed by atoms with Crippen LogP contribution < -0.4 is 5.32 Å². The number of aldehydes is 1. The van der Waals surface area contributed by atoms with Crippen molar-refractivity contribution >= 4 is 23.1 Å². The summed E-state index contributed by atoms with van der Waals surface area (Å²) in [6.07, 6.45) is 11.4. The van der Waals surface area contributed by atoms with Gasteiger partial charge in [-0.25, -0.2) is 4.98 Å². The summed E-state index contributed by atoms with van der Waals surface area (Å²) >= 11 is 0. The molecule has 1 amide bonds. The van der Waals surface area contributed by atoms with Gasteiger partial charge in [-0.05, 0) is 37.8 Å². The van der Waals surface area contributed by atoms with Gasteiger partial charge in [0.1, 0.15) is 0 Å². The molecule has 0 aliphatic heterocycles. The number of fused-ring (bicyclic) bond motifs is 1. The van der Waals surface area contributed by atoms with E-state index in [9.17, 15) is 9.59 Å². The Kier molecular flexibility index (Phi) is 6.25. The number of nitrogens with one attached hydrogen (secondary N) is 2. The molecule has 0 saturated heterocycles. The fourth-order valence-corrected chi connectivity index (χ4v) is 4.01. The van der Waals surface area contributed by atoms with Crippen LogP contribution in [0.2, 0.25) is 0 Å². The number of H-pyrrole nitrogens is 1. The van der Waals surface area contributed by atoms with E-state index in [2.05, 4.69) is 15.3 Å². The molecule has 0 bridgehead atoms. The summed E-state index contributed by atoms with van der Waals surface area (Å²) in [5.74, 6) is -0.148. The van der Waals surface area contributed by atoms with Gasteiger partial charge in [0.15, 0.2) is 6.29 Å². The van der Waals surface area contributed by atoms with Crippen molar-refractivity contribution in [2.24, 2.45) is 0 Å². The van der Waals surface area contributed by atoms with E-state index in [1.165, 1.54) is 0 Å². The van der Waals surface area contributed by atoms with Crippen molar-refractivity contribution in [2.75, 3.05) is 20.3 Å². The van der Waals surface area contributed by atoms with E-state index in [4.69, 9.17) is 9.47 Å². The lowest BCUT2D eigenvalue weighted by molar-refractivity contribution is -0.00408. The molecule has 8 nitrogen and oxygen atoms in total. The molecule has 2 aromatic heterocycles.